The third-order valence-electron chi connectivity index (χ3n) is 3.49. The van der Waals surface area contributed by atoms with Crippen LogP contribution in [0.25, 0.3) is 0 Å². The standard InChI is InChI=1S/C11H21N3O5S/c12-20(18,19)7-3-6-13-10(17)14-8-11(9(15)16)4-1-2-5-11/h1-8H2,(H,15,16)(H2,12,18,19)(H2,13,14,17). The van der Waals surface area contributed by atoms with E-state index in [1.165, 1.54) is 0 Å². The largest absolute Gasteiger partial charge is 0.481 e. The average Bonchev–Trinajstić information content (AvgIpc) is 2.81. The van der Waals surface area contributed by atoms with Gasteiger partial charge >= 0.3 is 12.0 Å². The number of carboxylic acids is 1. The Kier molecular flexibility index (Phi) is 5.75. The van der Waals surface area contributed by atoms with Crippen molar-refractivity contribution < 1.29 is 23.1 Å². The third kappa shape index (κ3) is 5.33. The highest BCUT2D eigenvalue weighted by atomic mass is 32.2. The lowest BCUT2D eigenvalue weighted by atomic mass is 9.86. The summed E-state index contributed by atoms with van der Waals surface area (Å²) in [4.78, 5) is 22.7. The van der Waals surface area contributed by atoms with Crippen LogP contribution in [0.5, 0.6) is 0 Å². The molecule has 0 heterocycles. The number of urea groups is 1. The Morgan fingerprint density at radius 3 is 2.30 bits per heavy atom. The predicted molar refractivity (Wildman–Crippen MR) is 72.5 cm³/mol. The molecule has 0 saturated heterocycles. The molecule has 0 unspecified atom stereocenters. The predicted octanol–water partition coefficient (Wildman–Crippen LogP) is -0.391. The molecule has 0 radical (unpaired) electrons. The molecule has 1 aliphatic rings. The summed E-state index contributed by atoms with van der Waals surface area (Å²) in [6, 6.07) is -0.494. The van der Waals surface area contributed by atoms with Crippen LogP contribution in [-0.2, 0) is 14.8 Å². The van der Waals surface area contributed by atoms with Crippen molar-refractivity contribution in [2.24, 2.45) is 10.6 Å². The number of hydrogen-bond acceptors (Lipinski definition) is 4. The number of rotatable bonds is 7. The summed E-state index contributed by atoms with van der Waals surface area (Å²) in [7, 11) is -3.52. The maximum atomic E-state index is 11.5. The Balaban J connectivity index is 2.27. The van der Waals surface area contributed by atoms with Crippen LogP contribution in [0.2, 0.25) is 0 Å². The summed E-state index contributed by atoms with van der Waals surface area (Å²) in [6.45, 7) is 0.256. The average molecular weight is 307 g/mol. The topological polar surface area (TPSA) is 139 Å². The van der Waals surface area contributed by atoms with Crippen LogP contribution in [0.3, 0.4) is 0 Å². The number of amides is 2. The first-order chi connectivity index (χ1) is 9.25. The number of carbonyl (C=O) groups is 2. The second-order valence-corrected chi connectivity index (χ2v) is 6.86. The molecule has 5 N–H and O–H groups in total. The lowest BCUT2D eigenvalue weighted by molar-refractivity contribution is -0.148. The van der Waals surface area contributed by atoms with E-state index in [-0.39, 0.29) is 25.3 Å². The van der Waals surface area contributed by atoms with Crippen LogP contribution in [0.15, 0.2) is 0 Å². The molecule has 0 spiro atoms. The van der Waals surface area contributed by atoms with Crippen LogP contribution in [-0.4, -0.2) is 44.4 Å². The summed E-state index contributed by atoms with van der Waals surface area (Å²) < 4.78 is 21.4. The quantitative estimate of drug-likeness (QED) is 0.474. The van der Waals surface area contributed by atoms with Gasteiger partial charge in [-0.1, -0.05) is 12.8 Å². The van der Waals surface area contributed by atoms with E-state index in [0.717, 1.165) is 12.8 Å². The summed E-state index contributed by atoms with van der Waals surface area (Å²) in [5.74, 6) is -1.09. The molecule has 0 aromatic heterocycles. The van der Waals surface area contributed by atoms with Gasteiger partial charge in [0.25, 0.3) is 0 Å². The first-order valence-corrected chi connectivity index (χ1v) is 8.22. The van der Waals surface area contributed by atoms with Crippen molar-refractivity contribution in [2.45, 2.75) is 32.1 Å². The van der Waals surface area contributed by atoms with Crippen molar-refractivity contribution >= 4 is 22.0 Å². The van der Waals surface area contributed by atoms with Crippen molar-refractivity contribution in [1.82, 2.24) is 10.6 Å². The van der Waals surface area contributed by atoms with Crippen LogP contribution in [0.1, 0.15) is 32.1 Å². The second kappa shape index (κ2) is 6.89. The number of nitrogens with one attached hydrogen (secondary N) is 2. The van der Waals surface area contributed by atoms with Gasteiger partial charge in [0.05, 0.1) is 11.2 Å². The van der Waals surface area contributed by atoms with Crippen LogP contribution in [0, 0.1) is 5.41 Å². The Morgan fingerprint density at radius 2 is 1.80 bits per heavy atom. The minimum absolute atomic E-state index is 0.0867. The van der Waals surface area contributed by atoms with Crippen LogP contribution >= 0.6 is 0 Å². The molecule has 116 valence electrons. The minimum Gasteiger partial charge on any atom is -0.481 e. The lowest BCUT2D eigenvalue weighted by Gasteiger charge is -2.24. The van der Waals surface area contributed by atoms with E-state index in [4.69, 9.17) is 5.14 Å². The Morgan fingerprint density at radius 1 is 1.20 bits per heavy atom. The van der Waals surface area contributed by atoms with Crippen LogP contribution < -0.4 is 15.8 Å². The highest BCUT2D eigenvalue weighted by Crippen LogP contribution is 2.37. The molecule has 1 rings (SSSR count). The molecule has 1 fully saturated rings. The smallest absolute Gasteiger partial charge is 0.314 e. The first kappa shape index (κ1) is 16.7. The fourth-order valence-electron chi connectivity index (χ4n) is 2.31. The van der Waals surface area contributed by atoms with Crippen LogP contribution in [0.4, 0.5) is 4.79 Å². The fraction of sp³-hybridized carbons (Fsp3) is 0.818. The van der Waals surface area contributed by atoms with Crippen molar-refractivity contribution in [1.29, 1.82) is 0 Å². The van der Waals surface area contributed by atoms with Gasteiger partial charge in [0.2, 0.25) is 10.0 Å². The zero-order valence-electron chi connectivity index (χ0n) is 11.2. The van der Waals surface area contributed by atoms with Gasteiger partial charge in [0, 0.05) is 13.1 Å². The molecule has 8 nitrogen and oxygen atoms in total. The van der Waals surface area contributed by atoms with E-state index in [1.807, 2.05) is 0 Å². The molecule has 9 heteroatoms. The Bertz CT molecular complexity index is 457. The van der Waals surface area contributed by atoms with E-state index < -0.39 is 27.4 Å². The van der Waals surface area contributed by atoms with Gasteiger partial charge in [0.15, 0.2) is 0 Å². The molecule has 1 aliphatic carbocycles. The van der Waals surface area contributed by atoms with Gasteiger partial charge in [-0.3, -0.25) is 4.79 Å². The maximum Gasteiger partial charge on any atom is 0.314 e. The number of primary sulfonamides is 1. The van der Waals surface area contributed by atoms with E-state index in [2.05, 4.69) is 10.6 Å². The normalized spacial score (nSPS) is 17.6. The Labute approximate surface area is 118 Å². The number of carboxylic acid groups (broad SMARTS) is 1. The summed E-state index contributed by atoms with van der Waals surface area (Å²) in [5.41, 5.74) is -0.863. The third-order valence-corrected chi connectivity index (χ3v) is 4.35. The van der Waals surface area contributed by atoms with E-state index in [9.17, 15) is 23.1 Å². The maximum absolute atomic E-state index is 11.5. The van der Waals surface area contributed by atoms with Crippen molar-refractivity contribution in [3.8, 4) is 0 Å². The molecule has 0 bridgehead atoms. The molecule has 20 heavy (non-hydrogen) atoms. The number of hydrogen-bond donors (Lipinski definition) is 4. The molecule has 1 saturated carbocycles. The molecule has 0 aromatic rings. The SMILES string of the molecule is NS(=O)(=O)CCCNC(=O)NCC1(C(=O)O)CCCC1. The van der Waals surface area contributed by atoms with E-state index in [1.54, 1.807) is 0 Å². The fourth-order valence-corrected chi connectivity index (χ4v) is 2.85. The zero-order valence-corrected chi connectivity index (χ0v) is 12.0. The second-order valence-electron chi connectivity index (χ2n) is 5.12. The van der Waals surface area contributed by atoms with Gasteiger partial charge in [-0.25, -0.2) is 18.4 Å². The Hall–Kier alpha value is -1.35. The molecular formula is C11H21N3O5S. The number of sulfonamides is 1. The van der Waals surface area contributed by atoms with E-state index >= 15 is 0 Å². The van der Waals surface area contributed by atoms with Gasteiger partial charge in [-0.05, 0) is 19.3 Å². The zero-order chi connectivity index (χ0) is 15.2. The summed E-state index contributed by atoms with van der Waals surface area (Å²) in [5, 5.41) is 19.1. The summed E-state index contributed by atoms with van der Waals surface area (Å²) in [6.07, 6.45) is 3.05. The van der Waals surface area contributed by atoms with Gasteiger partial charge in [-0.15, -0.1) is 0 Å². The minimum atomic E-state index is -3.52. The molecule has 0 aromatic carbocycles. The van der Waals surface area contributed by atoms with Gasteiger partial charge < -0.3 is 15.7 Å². The number of nitrogens with two attached hydrogens (primary N) is 1. The first-order valence-electron chi connectivity index (χ1n) is 6.51. The molecule has 0 atom stereocenters. The molecule has 2 amide bonds. The monoisotopic (exact) mass is 307 g/mol. The van der Waals surface area contributed by atoms with Crippen molar-refractivity contribution in [3.05, 3.63) is 0 Å². The highest BCUT2D eigenvalue weighted by Gasteiger charge is 2.41. The summed E-state index contributed by atoms with van der Waals surface area (Å²) >= 11 is 0. The molecule has 0 aliphatic heterocycles. The van der Waals surface area contributed by atoms with Crippen molar-refractivity contribution in [3.63, 3.8) is 0 Å². The molecular weight excluding hydrogens is 286 g/mol. The number of aliphatic carboxylic acids is 1. The van der Waals surface area contributed by atoms with Gasteiger partial charge in [-0.2, -0.15) is 0 Å². The van der Waals surface area contributed by atoms with Crippen molar-refractivity contribution in [2.75, 3.05) is 18.8 Å². The highest BCUT2D eigenvalue weighted by molar-refractivity contribution is 7.89. The number of carbonyl (C=O) groups excluding carboxylic acids is 1. The van der Waals surface area contributed by atoms with Gasteiger partial charge in [0.1, 0.15) is 0 Å². The lowest BCUT2D eigenvalue weighted by Crippen LogP contribution is -2.45. The van der Waals surface area contributed by atoms with E-state index in [0.29, 0.717) is 12.8 Å².